The van der Waals surface area contributed by atoms with Gasteiger partial charge in [-0.15, -0.1) is 11.3 Å². The lowest BCUT2D eigenvalue weighted by Gasteiger charge is -2.03. The maximum atomic E-state index is 10.1. The van der Waals surface area contributed by atoms with Crippen molar-refractivity contribution in [1.82, 2.24) is 0 Å². The Bertz CT molecular complexity index is 456. The van der Waals surface area contributed by atoms with Gasteiger partial charge in [0.05, 0.1) is 10.0 Å². The van der Waals surface area contributed by atoms with Gasteiger partial charge in [-0.05, 0) is 50.9 Å². The van der Waals surface area contributed by atoms with Crippen LogP contribution in [0.1, 0.15) is 22.3 Å². The molecule has 0 radical (unpaired) electrons. The van der Waals surface area contributed by atoms with Crippen molar-refractivity contribution in [2.45, 2.75) is 13.0 Å². The molecule has 0 spiro atoms. The number of aryl methyl sites for hydroxylation is 1. The summed E-state index contributed by atoms with van der Waals surface area (Å²) >= 11 is 8.29. The standard InChI is InChI=1S/C10H8Br2O2S/c1-5-2-6(4-14-5)9(13)8-3-7(11)10(12)15-8/h2-4,9,13H,1H3. The first kappa shape index (κ1) is 11.4. The average molecular weight is 352 g/mol. The number of aliphatic hydroxyl groups is 1. The molecule has 0 bridgehead atoms. The van der Waals surface area contributed by atoms with E-state index in [0.717, 1.165) is 24.5 Å². The highest BCUT2D eigenvalue weighted by molar-refractivity contribution is 9.13. The van der Waals surface area contributed by atoms with Crippen LogP contribution in [0.2, 0.25) is 0 Å². The van der Waals surface area contributed by atoms with Gasteiger partial charge in [-0.3, -0.25) is 0 Å². The fourth-order valence-corrected chi connectivity index (χ4v) is 3.37. The minimum Gasteiger partial charge on any atom is -0.469 e. The molecule has 0 aliphatic heterocycles. The third kappa shape index (κ3) is 2.36. The van der Waals surface area contributed by atoms with Crippen molar-refractivity contribution in [1.29, 1.82) is 0 Å². The van der Waals surface area contributed by atoms with Gasteiger partial charge >= 0.3 is 0 Å². The average Bonchev–Trinajstić information content (AvgIpc) is 2.74. The molecule has 0 amide bonds. The summed E-state index contributed by atoms with van der Waals surface area (Å²) in [4.78, 5) is 0.884. The number of hydrogen-bond acceptors (Lipinski definition) is 3. The first-order valence-corrected chi connectivity index (χ1v) is 6.66. The zero-order valence-corrected chi connectivity index (χ0v) is 11.8. The van der Waals surface area contributed by atoms with E-state index in [-0.39, 0.29) is 0 Å². The first-order valence-electron chi connectivity index (χ1n) is 4.25. The maximum absolute atomic E-state index is 10.1. The van der Waals surface area contributed by atoms with Gasteiger partial charge in [0.1, 0.15) is 11.9 Å². The molecule has 0 aliphatic carbocycles. The van der Waals surface area contributed by atoms with Gasteiger partial charge in [-0.2, -0.15) is 0 Å². The predicted molar refractivity (Wildman–Crippen MR) is 67.2 cm³/mol. The summed E-state index contributed by atoms with van der Waals surface area (Å²) in [7, 11) is 0. The second-order valence-electron chi connectivity index (χ2n) is 3.16. The monoisotopic (exact) mass is 350 g/mol. The normalized spacial score (nSPS) is 13.1. The van der Waals surface area contributed by atoms with Gasteiger partial charge in [-0.1, -0.05) is 0 Å². The van der Waals surface area contributed by atoms with Crippen LogP contribution in [0.15, 0.2) is 31.1 Å². The van der Waals surface area contributed by atoms with Gasteiger partial charge in [0.15, 0.2) is 0 Å². The molecule has 1 unspecified atom stereocenters. The SMILES string of the molecule is Cc1cc(C(O)c2cc(Br)c(Br)s2)co1. The summed E-state index contributed by atoms with van der Waals surface area (Å²) in [5, 5.41) is 10.1. The highest BCUT2D eigenvalue weighted by Gasteiger charge is 2.16. The van der Waals surface area contributed by atoms with Gasteiger partial charge < -0.3 is 9.52 Å². The fraction of sp³-hybridized carbons (Fsp3) is 0.200. The molecule has 1 N–H and O–H groups in total. The van der Waals surface area contributed by atoms with Crippen LogP contribution in [-0.4, -0.2) is 5.11 Å². The van der Waals surface area contributed by atoms with Gasteiger partial charge in [0.25, 0.3) is 0 Å². The van der Waals surface area contributed by atoms with E-state index in [1.165, 1.54) is 11.3 Å². The number of rotatable bonds is 2. The largest absolute Gasteiger partial charge is 0.469 e. The summed E-state index contributed by atoms with van der Waals surface area (Å²) in [6.07, 6.45) is 0.969. The number of hydrogen-bond donors (Lipinski definition) is 1. The van der Waals surface area contributed by atoms with E-state index >= 15 is 0 Å². The highest BCUT2D eigenvalue weighted by atomic mass is 79.9. The van der Waals surface area contributed by atoms with Crippen molar-refractivity contribution in [2.24, 2.45) is 0 Å². The van der Waals surface area contributed by atoms with Crippen molar-refractivity contribution in [3.8, 4) is 0 Å². The van der Waals surface area contributed by atoms with E-state index in [2.05, 4.69) is 31.9 Å². The van der Waals surface area contributed by atoms with Crippen LogP contribution in [-0.2, 0) is 0 Å². The van der Waals surface area contributed by atoms with Gasteiger partial charge in [0, 0.05) is 14.9 Å². The van der Waals surface area contributed by atoms with Crippen LogP contribution in [0, 0.1) is 6.92 Å². The number of aliphatic hydroxyl groups excluding tert-OH is 1. The molecule has 5 heteroatoms. The van der Waals surface area contributed by atoms with E-state index in [0.29, 0.717) is 0 Å². The lowest BCUT2D eigenvalue weighted by molar-refractivity contribution is 0.223. The van der Waals surface area contributed by atoms with Crippen molar-refractivity contribution in [3.05, 3.63) is 42.9 Å². The smallest absolute Gasteiger partial charge is 0.116 e. The van der Waals surface area contributed by atoms with E-state index in [1.54, 1.807) is 6.26 Å². The van der Waals surface area contributed by atoms with Crippen LogP contribution >= 0.6 is 43.2 Å². The minimum atomic E-state index is -0.616. The molecule has 0 saturated carbocycles. The highest BCUT2D eigenvalue weighted by Crippen LogP contribution is 2.37. The minimum absolute atomic E-state index is 0.616. The molecule has 1 atom stereocenters. The Kier molecular flexibility index (Phi) is 3.35. The molecule has 2 nitrogen and oxygen atoms in total. The van der Waals surface area contributed by atoms with Gasteiger partial charge in [0.2, 0.25) is 0 Å². The van der Waals surface area contributed by atoms with E-state index in [1.807, 2.05) is 19.1 Å². The molecule has 0 aromatic carbocycles. The topological polar surface area (TPSA) is 33.4 Å². The third-order valence-corrected chi connectivity index (χ3v) is 5.31. The summed E-state index contributed by atoms with van der Waals surface area (Å²) in [5.74, 6) is 0.804. The van der Waals surface area contributed by atoms with Crippen LogP contribution in [0.4, 0.5) is 0 Å². The molecular formula is C10H8Br2O2S. The molecule has 80 valence electrons. The second-order valence-corrected chi connectivity index (χ2v) is 6.42. The zero-order chi connectivity index (χ0) is 11.0. The molecule has 0 fully saturated rings. The Morgan fingerprint density at radius 2 is 2.13 bits per heavy atom. The predicted octanol–water partition coefficient (Wildman–Crippen LogP) is 4.26. The molecular weight excluding hydrogens is 344 g/mol. The molecule has 0 saturated heterocycles. The Labute approximate surface area is 108 Å². The van der Waals surface area contributed by atoms with Crippen molar-refractivity contribution in [3.63, 3.8) is 0 Å². The molecule has 0 aliphatic rings. The Balaban J connectivity index is 2.31. The summed E-state index contributed by atoms with van der Waals surface area (Å²) in [6.45, 7) is 1.86. The van der Waals surface area contributed by atoms with Crippen LogP contribution in [0.3, 0.4) is 0 Å². The number of thiophene rings is 1. The van der Waals surface area contributed by atoms with Gasteiger partial charge in [-0.25, -0.2) is 0 Å². The first-order chi connectivity index (χ1) is 7.08. The van der Waals surface area contributed by atoms with Crippen LogP contribution in [0.25, 0.3) is 0 Å². The lowest BCUT2D eigenvalue weighted by Crippen LogP contribution is -1.94. The molecule has 15 heavy (non-hydrogen) atoms. The number of halogens is 2. The quantitative estimate of drug-likeness (QED) is 0.877. The fourth-order valence-electron chi connectivity index (χ4n) is 1.27. The summed E-state index contributed by atoms with van der Waals surface area (Å²) in [5.41, 5.74) is 0.786. The second kappa shape index (κ2) is 4.41. The Hall–Kier alpha value is -0.100. The molecule has 2 aromatic heterocycles. The Morgan fingerprint density at radius 1 is 1.40 bits per heavy atom. The van der Waals surface area contributed by atoms with Crippen molar-refractivity contribution >= 4 is 43.2 Å². The third-order valence-electron chi connectivity index (χ3n) is 2.00. The molecule has 2 rings (SSSR count). The lowest BCUT2D eigenvalue weighted by atomic mass is 10.1. The van der Waals surface area contributed by atoms with E-state index in [4.69, 9.17) is 4.42 Å². The van der Waals surface area contributed by atoms with Crippen LogP contribution in [0.5, 0.6) is 0 Å². The van der Waals surface area contributed by atoms with Crippen LogP contribution < -0.4 is 0 Å². The maximum Gasteiger partial charge on any atom is 0.116 e. The molecule has 2 aromatic rings. The zero-order valence-electron chi connectivity index (χ0n) is 7.83. The van der Waals surface area contributed by atoms with Crippen molar-refractivity contribution in [2.75, 3.05) is 0 Å². The van der Waals surface area contributed by atoms with E-state index in [9.17, 15) is 5.11 Å². The Morgan fingerprint density at radius 3 is 2.60 bits per heavy atom. The summed E-state index contributed by atoms with van der Waals surface area (Å²) in [6, 6.07) is 3.74. The molecule has 2 heterocycles. The van der Waals surface area contributed by atoms with E-state index < -0.39 is 6.10 Å². The van der Waals surface area contributed by atoms with Crippen molar-refractivity contribution < 1.29 is 9.52 Å². The number of furan rings is 1. The summed E-state index contributed by atoms with van der Waals surface area (Å²) < 4.78 is 7.11.